The second-order valence-electron chi connectivity index (χ2n) is 8.38. The Morgan fingerprint density at radius 2 is 1.69 bits per heavy atom. The topological polar surface area (TPSA) is 49.4 Å². The molecule has 0 aliphatic carbocycles. The highest BCUT2D eigenvalue weighted by molar-refractivity contribution is 6.31. The van der Waals surface area contributed by atoms with Gasteiger partial charge in [0.05, 0.1) is 6.42 Å². The number of halogens is 3. The zero-order valence-corrected chi connectivity index (χ0v) is 21.2. The highest BCUT2D eigenvalue weighted by atomic mass is 35.5. The average molecular weight is 515 g/mol. The summed E-state index contributed by atoms with van der Waals surface area (Å²) >= 11 is 12.4. The fourth-order valence-electron chi connectivity index (χ4n) is 3.85. The molecular formula is C28H29Cl2FN2O2. The van der Waals surface area contributed by atoms with Crippen molar-refractivity contribution in [3.8, 4) is 0 Å². The van der Waals surface area contributed by atoms with Gasteiger partial charge in [-0.2, -0.15) is 0 Å². The van der Waals surface area contributed by atoms with Crippen LogP contribution >= 0.6 is 23.2 Å². The maximum absolute atomic E-state index is 14.5. The zero-order valence-electron chi connectivity index (χ0n) is 19.6. The lowest BCUT2D eigenvalue weighted by Gasteiger charge is -2.32. The Morgan fingerprint density at radius 3 is 2.37 bits per heavy atom. The predicted molar refractivity (Wildman–Crippen MR) is 139 cm³/mol. The van der Waals surface area contributed by atoms with Crippen LogP contribution < -0.4 is 5.32 Å². The Bertz CT molecular complexity index is 1120. The molecule has 0 aromatic heterocycles. The summed E-state index contributed by atoms with van der Waals surface area (Å²) < 4.78 is 14.5. The van der Waals surface area contributed by atoms with Crippen molar-refractivity contribution >= 4 is 35.0 Å². The molecular weight excluding hydrogens is 486 g/mol. The quantitative estimate of drug-likeness (QED) is 0.308. The van der Waals surface area contributed by atoms with Gasteiger partial charge >= 0.3 is 0 Å². The van der Waals surface area contributed by atoms with Gasteiger partial charge in [0.15, 0.2) is 0 Å². The van der Waals surface area contributed by atoms with Gasteiger partial charge in [-0.1, -0.05) is 85.1 Å². The number of unbranched alkanes of at least 4 members (excludes halogenated alkanes) is 1. The molecule has 1 N–H and O–H groups in total. The smallest absolute Gasteiger partial charge is 0.243 e. The first-order valence-corrected chi connectivity index (χ1v) is 12.4. The van der Waals surface area contributed by atoms with E-state index in [-0.39, 0.29) is 29.5 Å². The minimum absolute atomic E-state index is 0.111. The van der Waals surface area contributed by atoms with Gasteiger partial charge in [0.1, 0.15) is 11.9 Å². The highest BCUT2D eigenvalue weighted by Gasteiger charge is 2.31. The lowest BCUT2D eigenvalue weighted by Crippen LogP contribution is -2.51. The molecule has 1 atom stereocenters. The Labute approximate surface area is 216 Å². The molecule has 0 saturated heterocycles. The fraction of sp³-hybridized carbons (Fsp3) is 0.286. The van der Waals surface area contributed by atoms with Gasteiger partial charge in [0.25, 0.3) is 0 Å². The van der Waals surface area contributed by atoms with Crippen LogP contribution in [0.15, 0.2) is 72.8 Å². The molecule has 1 unspecified atom stereocenters. The van der Waals surface area contributed by atoms with Crippen LogP contribution in [0.2, 0.25) is 10.0 Å². The molecule has 3 aromatic carbocycles. The number of hydrogen-bond acceptors (Lipinski definition) is 2. The van der Waals surface area contributed by atoms with Gasteiger partial charge in [-0.3, -0.25) is 9.59 Å². The van der Waals surface area contributed by atoms with Crippen molar-refractivity contribution in [1.82, 2.24) is 10.2 Å². The maximum atomic E-state index is 14.5. The standard InChI is InChI=1S/C28H29Cl2FN2O2/c1-2-3-15-32-28(35)26(17-20-9-5-4-6-10-20)33(19-21-11-7-12-22(29)16-21)27(34)18-23-24(30)13-8-14-25(23)31/h4-14,16,26H,2-3,15,17-19H2,1H3,(H,32,35). The number of benzene rings is 3. The molecule has 0 heterocycles. The summed E-state index contributed by atoms with van der Waals surface area (Å²) in [5, 5.41) is 3.67. The summed E-state index contributed by atoms with van der Waals surface area (Å²) in [7, 11) is 0. The van der Waals surface area contributed by atoms with E-state index in [0.29, 0.717) is 18.0 Å². The Balaban J connectivity index is 1.98. The van der Waals surface area contributed by atoms with Gasteiger partial charge < -0.3 is 10.2 Å². The fourth-order valence-corrected chi connectivity index (χ4v) is 4.29. The monoisotopic (exact) mass is 514 g/mol. The summed E-state index contributed by atoms with van der Waals surface area (Å²) in [4.78, 5) is 28.5. The van der Waals surface area contributed by atoms with Gasteiger partial charge in [-0.05, 0) is 41.8 Å². The van der Waals surface area contributed by atoms with Gasteiger partial charge in [0.2, 0.25) is 11.8 Å². The van der Waals surface area contributed by atoms with E-state index in [1.807, 2.05) is 43.3 Å². The van der Waals surface area contributed by atoms with E-state index < -0.39 is 17.8 Å². The second kappa shape index (κ2) is 13.3. The number of hydrogen-bond donors (Lipinski definition) is 1. The SMILES string of the molecule is CCCCNC(=O)C(Cc1ccccc1)N(Cc1cccc(Cl)c1)C(=O)Cc1c(F)cccc1Cl. The molecule has 0 aliphatic heterocycles. The average Bonchev–Trinajstić information content (AvgIpc) is 2.84. The number of rotatable bonds is 11. The van der Waals surface area contributed by atoms with E-state index in [0.717, 1.165) is 24.0 Å². The molecule has 3 rings (SSSR count). The van der Waals surface area contributed by atoms with Crippen LogP contribution in [0.1, 0.15) is 36.5 Å². The van der Waals surface area contributed by atoms with E-state index in [1.165, 1.54) is 17.0 Å². The van der Waals surface area contributed by atoms with Gasteiger partial charge in [-0.15, -0.1) is 0 Å². The molecule has 7 heteroatoms. The molecule has 4 nitrogen and oxygen atoms in total. The van der Waals surface area contributed by atoms with Crippen molar-refractivity contribution in [3.63, 3.8) is 0 Å². The molecule has 0 fully saturated rings. The third kappa shape index (κ3) is 7.81. The van der Waals surface area contributed by atoms with Crippen LogP contribution in [0.5, 0.6) is 0 Å². The van der Waals surface area contributed by atoms with Crippen molar-refractivity contribution in [1.29, 1.82) is 0 Å². The molecule has 0 aliphatic rings. The van der Waals surface area contributed by atoms with Crippen molar-refractivity contribution in [2.24, 2.45) is 0 Å². The highest BCUT2D eigenvalue weighted by Crippen LogP contribution is 2.23. The summed E-state index contributed by atoms with van der Waals surface area (Å²) in [5.74, 6) is -1.21. The molecule has 0 saturated carbocycles. The van der Waals surface area contributed by atoms with E-state index in [2.05, 4.69) is 5.32 Å². The lowest BCUT2D eigenvalue weighted by molar-refractivity contribution is -0.140. The van der Waals surface area contributed by atoms with Gasteiger partial charge in [-0.25, -0.2) is 4.39 Å². The summed E-state index contributed by atoms with van der Waals surface area (Å²) in [5.41, 5.74) is 1.79. The van der Waals surface area contributed by atoms with Crippen molar-refractivity contribution < 1.29 is 14.0 Å². The molecule has 0 radical (unpaired) electrons. The normalized spacial score (nSPS) is 11.7. The number of nitrogens with zero attached hydrogens (tertiary/aromatic N) is 1. The number of carbonyl (C=O) groups is 2. The first-order chi connectivity index (χ1) is 16.9. The summed E-state index contributed by atoms with van der Waals surface area (Å²) in [6.45, 7) is 2.70. The number of carbonyl (C=O) groups excluding carboxylic acids is 2. The molecule has 0 spiro atoms. The minimum Gasteiger partial charge on any atom is -0.354 e. The van der Waals surface area contributed by atoms with Crippen molar-refractivity contribution in [2.75, 3.05) is 6.54 Å². The van der Waals surface area contributed by atoms with Crippen LogP contribution in [0.4, 0.5) is 4.39 Å². The molecule has 35 heavy (non-hydrogen) atoms. The van der Waals surface area contributed by atoms with E-state index in [1.54, 1.807) is 24.3 Å². The second-order valence-corrected chi connectivity index (χ2v) is 9.22. The van der Waals surface area contributed by atoms with Crippen LogP contribution in [0, 0.1) is 5.82 Å². The summed E-state index contributed by atoms with van der Waals surface area (Å²) in [6.07, 6.45) is 1.81. The van der Waals surface area contributed by atoms with Crippen molar-refractivity contribution in [2.45, 2.75) is 45.2 Å². The summed E-state index contributed by atoms with van der Waals surface area (Å²) in [6, 6.07) is 20.2. The Morgan fingerprint density at radius 1 is 0.971 bits per heavy atom. The van der Waals surface area contributed by atoms with Crippen LogP contribution in [0.3, 0.4) is 0 Å². The third-order valence-electron chi connectivity index (χ3n) is 5.73. The van der Waals surface area contributed by atoms with Crippen LogP contribution in [0.25, 0.3) is 0 Å². The Hall–Kier alpha value is -2.89. The largest absolute Gasteiger partial charge is 0.354 e. The number of amides is 2. The molecule has 3 aromatic rings. The first-order valence-electron chi connectivity index (χ1n) is 11.7. The predicted octanol–water partition coefficient (Wildman–Crippen LogP) is 6.23. The minimum atomic E-state index is -0.800. The molecule has 184 valence electrons. The molecule has 0 bridgehead atoms. The van der Waals surface area contributed by atoms with Crippen molar-refractivity contribution in [3.05, 3.63) is 105 Å². The first kappa shape index (κ1) is 26.7. The van der Waals surface area contributed by atoms with E-state index >= 15 is 0 Å². The van der Waals surface area contributed by atoms with E-state index in [9.17, 15) is 14.0 Å². The molecule has 2 amide bonds. The lowest BCUT2D eigenvalue weighted by atomic mass is 10.0. The Kier molecular flexibility index (Phi) is 10.1. The third-order valence-corrected chi connectivity index (χ3v) is 6.32. The van der Waals surface area contributed by atoms with Gasteiger partial charge in [0, 0.05) is 35.1 Å². The number of nitrogens with one attached hydrogen (secondary N) is 1. The van der Waals surface area contributed by atoms with Crippen LogP contribution in [-0.2, 0) is 29.0 Å². The van der Waals surface area contributed by atoms with E-state index in [4.69, 9.17) is 23.2 Å². The van der Waals surface area contributed by atoms with Crippen LogP contribution in [-0.4, -0.2) is 29.3 Å². The zero-order chi connectivity index (χ0) is 25.2. The maximum Gasteiger partial charge on any atom is 0.243 e.